The number of hydrogen-bond acceptors (Lipinski definition) is 4. The van der Waals surface area contributed by atoms with Crippen molar-refractivity contribution in [3.05, 3.63) is 69.7 Å². The van der Waals surface area contributed by atoms with Crippen LogP contribution in [-0.2, 0) is 16.1 Å². The zero-order valence-electron chi connectivity index (χ0n) is 15.4. The predicted molar refractivity (Wildman–Crippen MR) is 110 cm³/mol. The number of benzene rings is 2. The summed E-state index contributed by atoms with van der Waals surface area (Å²) >= 11 is 3.49. The molecule has 1 aliphatic rings. The Morgan fingerprint density at radius 1 is 1.32 bits per heavy atom. The van der Waals surface area contributed by atoms with E-state index in [0.717, 1.165) is 35.0 Å². The lowest BCUT2D eigenvalue weighted by atomic mass is 10.1. The predicted octanol–water partition coefficient (Wildman–Crippen LogP) is 4.23. The summed E-state index contributed by atoms with van der Waals surface area (Å²) in [6.07, 6.45) is 3.55. The minimum absolute atomic E-state index is 0.0408. The van der Waals surface area contributed by atoms with E-state index < -0.39 is 5.91 Å². The molecule has 0 radical (unpaired) electrons. The second-order valence-electron chi connectivity index (χ2n) is 6.48. The van der Waals surface area contributed by atoms with Crippen LogP contribution in [0.3, 0.4) is 0 Å². The molecule has 28 heavy (non-hydrogen) atoms. The van der Waals surface area contributed by atoms with E-state index in [1.54, 1.807) is 6.08 Å². The van der Waals surface area contributed by atoms with E-state index in [1.807, 2.05) is 54.6 Å². The Kier molecular flexibility index (Phi) is 7.24. The summed E-state index contributed by atoms with van der Waals surface area (Å²) < 4.78 is 12.1. The quantitative estimate of drug-likeness (QED) is 0.516. The lowest BCUT2D eigenvalue weighted by Crippen LogP contribution is -2.32. The molecule has 3 rings (SSSR count). The number of amides is 1. The highest BCUT2D eigenvalue weighted by molar-refractivity contribution is 9.10. The summed E-state index contributed by atoms with van der Waals surface area (Å²) in [5, 5.41) is 12.1. The second-order valence-corrected chi connectivity index (χ2v) is 7.33. The Morgan fingerprint density at radius 2 is 2.14 bits per heavy atom. The zero-order chi connectivity index (χ0) is 19.8. The van der Waals surface area contributed by atoms with E-state index in [0.29, 0.717) is 18.9 Å². The molecule has 1 saturated heterocycles. The number of hydrogen-bond donors (Lipinski definition) is 1. The zero-order valence-corrected chi connectivity index (χ0v) is 16.9. The number of halogens is 1. The van der Waals surface area contributed by atoms with Crippen molar-refractivity contribution < 1.29 is 14.3 Å². The molecule has 144 valence electrons. The van der Waals surface area contributed by atoms with Crippen LogP contribution >= 0.6 is 15.9 Å². The molecule has 5 nitrogen and oxygen atoms in total. The lowest BCUT2D eigenvalue weighted by molar-refractivity contribution is -0.117. The maximum absolute atomic E-state index is 12.3. The molecule has 2 aromatic carbocycles. The van der Waals surface area contributed by atoms with Crippen molar-refractivity contribution in [2.24, 2.45) is 0 Å². The average Bonchev–Trinajstić information content (AvgIpc) is 3.24. The van der Waals surface area contributed by atoms with Gasteiger partial charge in [0.2, 0.25) is 0 Å². The highest BCUT2D eigenvalue weighted by Gasteiger charge is 2.17. The third-order valence-corrected chi connectivity index (χ3v) is 5.00. The first-order valence-corrected chi connectivity index (χ1v) is 9.93. The van der Waals surface area contributed by atoms with Gasteiger partial charge in [-0.1, -0.05) is 36.4 Å². The maximum Gasteiger partial charge on any atom is 0.262 e. The van der Waals surface area contributed by atoms with Crippen molar-refractivity contribution in [1.82, 2.24) is 5.32 Å². The molecule has 0 unspecified atom stereocenters. The summed E-state index contributed by atoms with van der Waals surface area (Å²) in [6, 6.07) is 17.3. The molecule has 6 heteroatoms. The first-order chi connectivity index (χ1) is 13.7. The first kappa shape index (κ1) is 20.1. The lowest BCUT2D eigenvalue weighted by Gasteiger charge is -2.11. The van der Waals surface area contributed by atoms with Crippen LogP contribution in [0.5, 0.6) is 5.75 Å². The van der Waals surface area contributed by atoms with Gasteiger partial charge in [0.1, 0.15) is 24.0 Å². The third kappa shape index (κ3) is 5.69. The van der Waals surface area contributed by atoms with Crippen LogP contribution in [0.2, 0.25) is 0 Å². The number of carbonyl (C=O) groups excluding carboxylic acids is 1. The van der Waals surface area contributed by atoms with Gasteiger partial charge >= 0.3 is 0 Å². The monoisotopic (exact) mass is 440 g/mol. The van der Waals surface area contributed by atoms with E-state index in [9.17, 15) is 10.1 Å². The van der Waals surface area contributed by atoms with Crippen molar-refractivity contribution in [1.29, 1.82) is 5.26 Å². The average molecular weight is 441 g/mol. The SMILES string of the molecule is N#C/C(=C\c1ccc(OCc2ccccc2)c(Br)c1)C(=O)NC[C@@H]1CCCO1. The fourth-order valence-electron chi connectivity index (χ4n) is 2.88. The van der Waals surface area contributed by atoms with Crippen LogP contribution in [-0.4, -0.2) is 25.2 Å². The van der Waals surface area contributed by atoms with Crippen molar-refractivity contribution in [2.45, 2.75) is 25.6 Å². The smallest absolute Gasteiger partial charge is 0.262 e. The molecule has 1 N–H and O–H groups in total. The number of ether oxygens (including phenoxy) is 2. The van der Waals surface area contributed by atoms with Gasteiger partial charge in [-0.05, 0) is 58.1 Å². The van der Waals surface area contributed by atoms with Gasteiger partial charge in [0.25, 0.3) is 5.91 Å². The highest BCUT2D eigenvalue weighted by Crippen LogP contribution is 2.27. The Hall–Kier alpha value is -2.62. The van der Waals surface area contributed by atoms with Crippen LogP contribution in [0.1, 0.15) is 24.0 Å². The molecule has 0 saturated carbocycles. The Balaban J connectivity index is 1.62. The molecule has 1 heterocycles. The van der Waals surface area contributed by atoms with Crippen molar-refractivity contribution in [3.63, 3.8) is 0 Å². The van der Waals surface area contributed by atoms with Crippen LogP contribution in [0.15, 0.2) is 58.6 Å². The van der Waals surface area contributed by atoms with E-state index in [-0.39, 0.29) is 11.7 Å². The Morgan fingerprint density at radius 3 is 2.82 bits per heavy atom. The third-order valence-electron chi connectivity index (χ3n) is 4.38. The second kappa shape index (κ2) is 10.1. The number of nitriles is 1. The summed E-state index contributed by atoms with van der Waals surface area (Å²) in [4.78, 5) is 12.3. The number of carbonyl (C=O) groups is 1. The number of rotatable bonds is 7. The molecule has 0 bridgehead atoms. The summed E-state index contributed by atoms with van der Waals surface area (Å²) in [5.74, 6) is 0.306. The summed E-state index contributed by atoms with van der Waals surface area (Å²) in [6.45, 7) is 1.62. The fourth-order valence-corrected chi connectivity index (χ4v) is 3.39. The van der Waals surface area contributed by atoms with E-state index in [2.05, 4.69) is 21.2 Å². The topological polar surface area (TPSA) is 71.3 Å². The Labute approximate surface area is 173 Å². The van der Waals surface area contributed by atoms with Crippen molar-refractivity contribution in [3.8, 4) is 11.8 Å². The van der Waals surface area contributed by atoms with E-state index in [1.165, 1.54) is 0 Å². The molecule has 1 atom stereocenters. The normalized spacial score (nSPS) is 16.4. The highest BCUT2D eigenvalue weighted by atomic mass is 79.9. The van der Waals surface area contributed by atoms with Crippen molar-refractivity contribution in [2.75, 3.05) is 13.2 Å². The fraction of sp³-hybridized carbons (Fsp3) is 0.273. The van der Waals surface area contributed by atoms with Crippen LogP contribution in [0.4, 0.5) is 0 Å². The van der Waals surface area contributed by atoms with Crippen LogP contribution < -0.4 is 10.1 Å². The summed E-state index contributed by atoms with van der Waals surface area (Å²) in [5.41, 5.74) is 1.87. The van der Waals surface area contributed by atoms with Gasteiger partial charge in [-0.25, -0.2) is 0 Å². The molecule has 0 spiro atoms. The van der Waals surface area contributed by atoms with Gasteiger partial charge in [-0.15, -0.1) is 0 Å². The van der Waals surface area contributed by atoms with Crippen LogP contribution in [0, 0.1) is 11.3 Å². The van der Waals surface area contributed by atoms with Gasteiger partial charge in [0, 0.05) is 13.2 Å². The number of nitrogens with zero attached hydrogens (tertiary/aromatic N) is 1. The van der Waals surface area contributed by atoms with Gasteiger partial charge in [-0.2, -0.15) is 5.26 Å². The van der Waals surface area contributed by atoms with Gasteiger partial charge in [0.05, 0.1) is 10.6 Å². The first-order valence-electron chi connectivity index (χ1n) is 9.13. The molecule has 1 aliphatic heterocycles. The van der Waals surface area contributed by atoms with E-state index in [4.69, 9.17) is 9.47 Å². The minimum atomic E-state index is -0.390. The summed E-state index contributed by atoms with van der Waals surface area (Å²) in [7, 11) is 0. The molecule has 0 aromatic heterocycles. The standard InChI is InChI=1S/C22H21BrN2O3/c23-20-12-17(8-9-21(20)28-15-16-5-2-1-3-6-16)11-18(13-24)22(26)25-14-19-7-4-10-27-19/h1-3,5-6,8-9,11-12,19H,4,7,10,14-15H2,(H,25,26)/b18-11+/t19-/m0/s1. The molecule has 1 fully saturated rings. The largest absolute Gasteiger partial charge is 0.488 e. The molecule has 1 amide bonds. The number of nitrogens with one attached hydrogen (secondary N) is 1. The minimum Gasteiger partial charge on any atom is -0.488 e. The van der Waals surface area contributed by atoms with Gasteiger partial charge in [0.15, 0.2) is 0 Å². The van der Waals surface area contributed by atoms with E-state index >= 15 is 0 Å². The molecular formula is C22H21BrN2O3. The van der Waals surface area contributed by atoms with Gasteiger partial charge in [-0.3, -0.25) is 4.79 Å². The molecule has 2 aromatic rings. The maximum atomic E-state index is 12.3. The Bertz CT molecular complexity index is 884. The van der Waals surface area contributed by atoms with Gasteiger partial charge < -0.3 is 14.8 Å². The molecular weight excluding hydrogens is 420 g/mol. The van der Waals surface area contributed by atoms with Crippen LogP contribution in [0.25, 0.3) is 6.08 Å². The van der Waals surface area contributed by atoms with Crippen molar-refractivity contribution >= 4 is 27.9 Å². The molecule has 0 aliphatic carbocycles.